The number of hydrogen-bond donors (Lipinski definition) is 0. The molecule has 0 radical (unpaired) electrons. The molecule has 1 aliphatic heterocycles. The fourth-order valence-electron chi connectivity index (χ4n) is 2.71. The lowest BCUT2D eigenvalue weighted by Gasteiger charge is -2.24. The molecule has 0 saturated carbocycles. The smallest absolute Gasteiger partial charge is 0.340 e. The Bertz CT molecular complexity index is 837. The highest BCUT2D eigenvalue weighted by Crippen LogP contribution is 2.38. The largest absolute Gasteiger partial charge is 0.448 e. The summed E-state index contributed by atoms with van der Waals surface area (Å²) >= 11 is 0. The minimum atomic E-state index is -2.68. The van der Waals surface area contributed by atoms with Crippen LogP contribution in [0.5, 0.6) is 0 Å². The van der Waals surface area contributed by atoms with Gasteiger partial charge in [-0.25, -0.2) is 18.4 Å². The third kappa shape index (κ3) is 3.83. The quantitative estimate of drug-likeness (QED) is 0.761. The maximum Gasteiger partial charge on any atom is 0.340 e. The molecule has 0 aromatic heterocycles. The van der Waals surface area contributed by atoms with E-state index < -0.39 is 36.4 Å². The van der Waals surface area contributed by atoms with Crippen LogP contribution in [0.2, 0.25) is 0 Å². The first-order valence-corrected chi connectivity index (χ1v) is 8.32. The Balaban J connectivity index is 1.80. The van der Waals surface area contributed by atoms with E-state index in [4.69, 9.17) is 14.2 Å². The zero-order valence-corrected chi connectivity index (χ0v) is 14.7. The van der Waals surface area contributed by atoms with Gasteiger partial charge in [0.25, 0.3) is 0 Å². The van der Waals surface area contributed by atoms with Gasteiger partial charge in [0.05, 0.1) is 11.1 Å². The molecule has 1 fully saturated rings. The van der Waals surface area contributed by atoms with Crippen LogP contribution in [0.3, 0.4) is 0 Å². The molecule has 1 aliphatic rings. The van der Waals surface area contributed by atoms with Crippen molar-refractivity contribution in [1.29, 1.82) is 0 Å². The fraction of sp³-hybridized carbons (Fsp3) is 0.300. The Labute approximate surface area is 154 Å². The Kier molecular flexibility index (Phi) is 5.23. The Morgan fingerprint density at radius 3 is 2.30 bits per heavy atom. The van der Waals surface area contributed by atoms with Crippen LogP contribution in [-0.2, 0) is 14.2 Å². The summed E-state index contributed by atoms with van der Waals surface area (Å²) < 4.78 is 43.8. The molecule has 27 heavy (non-hydrogen) atoms. The molecular formula is C20H18F2O5. The van der Waals surface area contributed by atoms with E-state index in [2.05, 4.69) is 0 Å². The fourth-order valence-corrected chi connectivity index (χ4v) is 2.71. The highest BCUT2D eigenvalue weighted by Gasteiger charge is 2.59. The van der Waals surface area contributed by atoms with E-state index in [1.54, 1.807) is 43.3 Å². The number of ether oxygens (including phenoxy) is 3. The van der Waals surface area contributed by atoms with Gasteiger partial charge in [-0.15, -0.1) is 0 Å². The first-order chi connectivity index (χ1) is 12.8. The van der Waals surface area contributed by atoms with Crippen molar-refractivity contribution in [3.8, 4) is 0 Å². The molecule has 1 saturated heterocycles. The Hall–Kier alpha value is -2.80. The molecule has 7 heteroatoms. The van der Waals surface area contributed by atoms with E-state index in [0.29, 0.717) is 5.56 Å². The molecule has 0 spiro atoms. The number of alkyl halides is 2. The van der Waals surface area contributed by atoms with Crippen molar-refractivity contribution in [2.24, 2.45) is 0 Å². The number of benzene rings is 2. The molecule has 0 N–H and O–H groups in total. The Morgan fingerprint density at radius 1 is 1.00 bits per heavy atom. The predicted molar refractivity (Wildman–Crippen MR) is 91.5 cm³/mol. The summed E-state index contributed by atoms with van der Waals surface area (Å²) in [5.41, 5.74) is -1.68. The van der Waals surface area contributed by atoms with Crippen LogP contribution in [0.25, 0.3) is 0 Å². The van der Waals surface area contributed by atoms with Gasteiger partial charge in [0.1, 0.15) is 0 Å². The second-order valence-corrected chi connectivity index (χ2v) is 6.38. The van der Waals surface area contributed by atoms with Gasteiger partial charge in [0.2, 0.25) is 24.4 Å². The molecule has 5 nitrogen and oxygen atoms in total. The molecule has 3 rings (SSSR count). The lowest BCUT2D eigenvalue weighted by molar-refractivity contribution is -0.159. The third-order valence-electron chi connectivity index (χ3n) is 4.33. The van der Waals surface area contributed by atoms with Gasteiger partial charge in [-0.3, -0.25) is 0 Å². The van der Waals surface area contributed by atoms with Gasteiger partial charge in [0, 0.05) is 0 Å². The molecule has 4 atom stereocenters. The van der Waals surface area contributed by atoms with Crippen LogP contribution < -0.4 is 0 Å². The van der Waals surface area contributed by atoms with Gasteiger partial charge < -0.3 is 14.2 Å². The number of carbonyl (C=O) groups is 2. The lowest BCUT2D eigenvalue weighted by Crippen LogP contribution is -2.44. The van der Waals surface area contributed by atoms with Crippen LogP contribution in [0.15, 0.2) is 54.6 Å². The van der Waals surface area contributed by atoms with Crippen molar-refractivity contribution in [1.82, 2.24) is 0 Å². The van der Waals surface area contributed by atoms with Crippen molar-refractivity contribution >= 4 is 11.9 Å². The summed E-state index contributed by atoms with van der Waals surface area (Å²) in [5, 5.41) is 0. The van der Waals surface area contributed by atoms with E-state index in [1.165, 1.54) is 18.2 Å². The van der Waals surface area contributed by atoms with Crippen molar-refractivity contribution in [3.05, 3.63) is 71.3 Å². The first kappa shape index (κ1) is 19.0. The molecule has 2 aromatic carbocycles. The monoisotopic (exact) mass is 376 g/mol. The van der Waals surface area contributed by atoms with E-state index in [1.807, 2.05) is 0 Å². The number of halogens is 2. The summed E-state index contributed by atoms with van der Waals surface area (Å²) in [5.74, 6) is -1.71. The lowest BCUT2D eigenvalue weighted by atomic mass is 10.0. The van der Waals surface area contributed by atoms with E-state index in [0.717, 1.165) is 6.92 Å². The van der Waals surface area contributed by atoms with Crippen molar-refractivity contribution in [3.63, 3.8) is 0 Å². The molecule has 0 amide bonds. The minimum Gasteiger partial charge on any atom is -0.448 e. The maximum absolute atomic E-state index is 14.8. The first-order valence-electron chi connectivity index (χ1n) is 8.32. The molecule has 0 aliphatic carbocycles. The number of esters is 2. The SMILES string of the molecule is Cc1ccccc1C(=O)O[C@@H]1OC(F)[C@](C)(F)[C@@H]1OC(=O)c1ccccc1. The van der Waals surface area contributed by atoms with Crippen LogP contribution in [0.1, 0.15) is 33.2 Å². The molecule has 142 valence electrons. The Morgan fingerprint density at radius 2 is 1.63 bits per heavy atom. The molecule has 1 heterocycles. The molecule has 2 aromatic rings. The van der Waals surface area contributed by atoms with Gasteiger partial charge in [0.15, 0.2) is 0 Å². The molecule has 0 bridgehead atoms. The summed E-state index contributed by atoms with van der Waals surface area (Å²) in [4.78, 5) is 24.6. The zero-order valence-electron chi connectivity index (χ0n) is 14.7. The second-order valence-electron chi connectivity index (χ2n) is 6.38. The highest BCUT2D eigenvalue weighted by atomic mass is 19.2. The van der Waals surface area contributed by atoms with Crippen molar-refractivity contribution in [2.75, 3.05) is 0 Å². The van der Waals surface area contributed by atoms with Gasteiger partial charge >= 0.3 is 11.9 Å². The van der Waals surface area contributed by atoms with Gasteiger partial charge in [-0.1, -0.05) is 36.4 Å². The average molecular weight is 376 g/mol. The summed E-state index contributed by atoms with van der Waals surface area (Å²) in [6, 6.07) is 14.4. The second kappa shape index (κ2) is 7.44. The van der Waals surface area contributed by atoms with E-state index in [-0.39, 0.29) is 11.1 Å². The number of carbonyl (C=O) groups excluding carboxylic acids is 2. The van der Waals surface area contributed by atoms with Crippen LogP contribution in [-0.4, -0.2) is 36.4 Å². The van der Waals surface area contributed by atoms with E-state index in [9.17, 15) is 18.4 Å². The zero-order chi connectivity index (χ0) is 19.6. The highest BCUT2D eigenvalue weighted by molar-refractivity contribution is 5.91. The number of aryl methyl sites for hydroxylation is 1. The predicted octanol–water partition coefficient (Wildman–Crippen LogP) is 3.76. The van der Waals surface area contributed by atoms with Crippen LogP contribution >= 0.6 is 0 Å². The topological polar surface area (TPSA) is 61.8 Å². The van der Waals surface area contributed by atoms with E-state index >= 15 is 0 Å². The average Bonchev–Trinajstić information content (AvgIpc) is 2.85. The van der Waals surface area contributed by atoms with Crippen molar-refractivity contribution < 1.29 is 32.6 Å². The van der Waals surface area contributed by atoms with Crippen LogP contribution in [0.4, 0.5) is 8.78 Å². The van der Waals surface area contributed by atoms with Crippen LogP contribution in [0, 0.1) is 6.92 Å². The summed E-state index contributed by atoms with van der Waals surface area (Å²) in [6.07, 6.45) is -5.89. The summed E-state index contributed by atoms with van der Waals surface area (Å²) in [6.45, 7) is 2.58. The molecular weight excluding hydrogens is 358 g/mol. The molecule has 1 unspecified atom stereocenters. The standard InChI is InChI=1S/C20H18F2O5/c1-12-8-6-7-11-14(12)17(24)26-18-15(20(2,22)19(21)27-18)25-16(23)13-9-4-3-5-10-13/h3-11,15,18-19H,1-2H3/t15-,18-,19?,20-/m1/s1. The number of hydrogen-bond acceptors (Lipinski definition) is 5. The maximum atomic E-state index is 14.8. The minimum absolute atomic E-state index is 0.152. The van der Waals surface area contributed by atoms with Gasteiger partial charge in [-0.05, 0) is 37.6 Å². The summed E-state index contributed by atoms with van der Waals surface area (Å²) in [7, 11) is 0. The third-order valence-corrected chi connectivity index (χ3v) is 4.33. The van der Waals surface area contributed by atoms with Crippen molar-refractivity contribution in [2.45, 2.75) is 38.3 Å². The normalized spacial score (nSPS) is 27.2. The van der Waals surface area contributed by atoms with Gasteiger partial charge in [-0.2, -0.15) is 0 Å². The number of rotatable bonds is 4.